The zero-order valence-electron chi connectivity index (χ0n) is 14.5. The third kappa shape index (κ3) is 4.33. The van der Waals surface area contributed by atoms with Crippen molar-refractivity contribution in [2.75, 3.05) is 26.2 Å². The normalized spacial score (nSPS) is 18.4. The maximum atomic E-state index is 13.8. The van der Waals surface area contributed by atoms with Gasteiger partial charge >= 0.3 is 0 Å². The molecule has 0 aliphatic carbocycles. The van der Waals surface area contributed by atoms with Crippen LogP contribution >= 0.6 is 0 Å². The number of hydrogen-bond donors (Lipinski definition) is 1. The molecule has 8 heteroatoms. The van der Waals surface area contributed by atoms with E-state index in [4.69, 9.17) is 4.74 Å². The van der Waals surface area contributed by atoms with Crippen LogP contribution in [0.25, 0.3) is 0 Å². The number of nitrogens with zero attached hydrogens (tertiary/aromatic N) is 5. The first-order chi connectivity index (χ1) is 12.2. The Labute approximate surface area is 146 Å². The summed E-state index contributed by atoms with van der Waals surface area (Å²) in [5, 5.41) is 7.47. The minimum Gasteiger partial charge on any atom is -0.370 e. The molecule has 0 amide bonds. The lowest BCUT2D eigenvalue weighted by Crippen LogP contribution is -2.48. The number of aromatic nitrogens is 3. The van der Waals surface area contributed by atoms with Crippen molar-refractivity contribution in [1.82, 2.24) is 25.0 Å². The molecule has 0 radical (unpaired) electrons. The number of aryl methyl sites for hydroxylation is 1. The van der Waals surface area contributed by atoms with Gasteiger partial charge < -0.3 is 15.0 Å². The Morgan fingerprint density at radius 3 is 3.12 bits per heavy atom. The quantitative estimate of drug-likeness (QED) is 0.671. The van der Waals surface area contributed by atoms with Gasteiger partial charge in [-0.25, -0.2) is 9.38 Å². The molecular weight excluding hydrogens is 323 g/mol. The SMILES string of the molecule is CCNC(=NCc1ncccc1F)N1CCOC(c2cnn(C)c2)C1. The van der Waals surface area contributed by atoms with Crippen LogP contribution in [0.4, 0.5) is 4.39 Å². The molecule has 25 heavy (non-hydrogen) atoms. The number of halogens is 1. The third-order valence-electron chi connectivity index (χ3n) is 4.01. The zero-order chi connectivity index (χ0) is 17.6. The molecule has 1 aliphatic heterocycles. The van der Waals surface area contributed by atoms with Crippen LogP contribution in [-0.2, 0) is 18.3 Å². The number of rotatable bonds is 4. The number of aliphatic imine (C=N–C) groups is 1. The van der Waals surface area contributed by atoms with Gasteiger partial charge in [-0.2, -0.15) is 5.10 Å². The van der Waals surface area contributed by atoms with Gasteiger partial charge in [0.2, 0.25) is 0 Å². The third-order valence-corrected chi connectivity index (χ3v) is 4.01. The van der Waals surface area contributed by atoms with Crippen molar-refractivity contribution in [3.8, 4) is 0 Å². The van der Waals surface area contributed by atoms with Gasteiger partial charge in [0.1, 0.15) is 11.9 Å². The molecule has 134 valence electrons. The van der Waals surface area contributed by atoms with E-state index in [9.17, 15) is 4.39 Å². The lowest BCUT2D eigenvalue weighted by molar-refractivity contribution is -0.00805. The highest BCUT2D eigenvalue weighted by Gasteiger charge is 2.25. The fourth-order valence-corrected chi connectivity index (χ4v) is 2.76. The fraction of sp³-hybridized carbons (Fsp3) is 0.471. The highest BCUT2D eigenvalue weighted by molar-refractivity contribution is 5.80. The summed E-state index contributed by atoms with van der Waals surface area (Å²) in [6, 6.07) is 2.98. The molecular formula is C17H23FN6O. The summed E-state index contributed by atoms with van der Waals surface area (Å²) < 4.78 is 21.4. The molecule has 2 aromatic heterocycles. The van der Waals surface area contributed by atoms with Crippen LogP contribution in [-0.4, -0.2) is 51.9 Å². The van der Waals surface area contributed by atoms with E-state index in [2.05, 4.69) is 25.3 Å². The lowest BCUT2D eigenvalue weighted by atomic mass is 10.1. The minimum atomic E-state index is -0.336. The van der Waals surface area contributed by atoms with Crippen molar-refractivity contribution in [3.63, 3.8) is 0 Å². The van der Waals surface area contributed by atoms with E-state index < -0.39 is 0 Å². The molecule has 1 aliphatic rings. The van der Waals surface area contributed by atoms with Crippen molar-refractivity contribution >= 4 is 5.96 Å². The number of guanidine groups is 1. The van der Waals surface area contributed by atoms with Gasteiger partial charge in [-0.05, 0) is 19.1 Å². The summed E-state index contributed by atoms with van der Waals surface area (Å²) in [6.07, 6.45) is 5.30. The summed E-state index contributed by atoms with van der Waals surface area (Å²) in [5.74, 6) is 0.405. The van der Waals surface area contributed by atoms with E-state index in [1.54, 1.807) is 16.9 Å². The Morgan fingerprint density at radius 1 is 1.52 bits per heavy atom. The Hall–Kier alpha value is -2.48. The minimum absolute atomic E-state index is 0.0575. The van der Waals surface area contributed by atoms with Crippen LogP contribution in [0, 0.1) is 5.82 Å². The summed E-state index contributed by atoms with van der Waals surface area (Å²) in [6.45, 7) is 4.94. The van der Waals surface area contributed by atoms with Gasteiger partial charge in [-0.1, -0.05) is 0 Å². The number of morpholine rings is 1. The fourth-order valence-electron chi connectivity index (χ4n) is 2.76. The van der Waals surface area contributed by atoms with E-state index in [1.165, 1.54) is 6.07 Å². The van der Waals surface area contributed by atoms with Gasteiger partial charge in [0.25, 0.3) is 0 Å². The lowest BCUT2D eigenvalue weighted by Gasteiger charge is -2.34. The van der Waals surface area contributed by atoms with Crippen molar-refractivity contribution in [3.05, 3.63) is 47.8 Å². The maximum Gasteiger partial charge on any atom is 0.194 e. The Bertz CT molecular complexity index is 731. The van der Waals surface area contributed by atoms with Gasteiger partial charge in [-0.3, -0.25) is 9.67 Å². The molecule has 2 aromatic rings. The summed E-state index contributed by atoms with van der Waals surface area (Å²) in [7, 11) is 1.89. The molecule has 0 saturated carbocycles. The summed E-state index contributed by atoms with van der Waals surface area (Å²) in [5.41, 5.74) is 1.38. The van der Waals surface area contributed by atoms with Gasteiger partial charge in [0, 0.05) is 38.1 Å². The standard InChI is InChI=1S/C17H23FN6O/c1-3-19-17(21-10-15-14(18)5-4-6-20-15)24-7-8-25-16(12-24)13-9-22-23(2)11-13/h4-6,9,11,16H,3,7-8,10,12H2,1-2H3,(H,19,21). The van der Waals surface area contributed by atoms with E-state index in [0.29, 0.717) is 18.8 Å². The van der Waals surface area contributed by atoms with Crippen molar-refractivity contribution in [2.45, 2.75) is 19.6 Å². The predicted molar refractivity (Wildman–Crippen MR) is 92.5 cm³/mol. The molecule has 0 aromatic carbocycles. The summed E-state index contributed by atoms with van der Waals surface area (Å²) in [4.78, 5) is 10.7. The molecule has 7 nitrogen and oxygen atoms in total. The van der Waals surface area contributed by atoms with E-state index >= 15 is 0 Å². The molecule has 0 bridgehead atoms. The highest BCUT2D eigenvalue weighted by Crippen LogP contribution is 2.21. The molecule has 1 saturated heterocycles. The number of hydrogen-bond acceptors (Lipinski definition) is 4. The first kappa shape index (κ1) is 17.3. The van der Waals surface area contributed by atoms with Gasteiger partial charge in [0.15, 0.2) is 5.96 Å². The number of ether oxygens (including phenoxy) is 1. The smallest absolute Gasteiger partial charge is 0.194 e. The number of pyridine rings is 1. The molecule has 3 rings (SSSR count). The first-order valence-corrected chi connectivity index (χ1v) is 8.40. The second-order valence-corrected chi connectivity index (χ2v) is 5.85. The Kier molecular flexibility index (Phi) is 5.60. The van der Waals surface area contributed by atoms with Crippen LogP contribution in [0.5, 0.6) is 0 Å². The van der Waals surface area contributed by atoms with Crippen LogP contribution in [0.3, 0.4) is 0 Å². The monoisotopic (exact) mass is 346 g/mol. The highest BCUT2D eigenvalue weighted by atomic mass is 19.1. The molecule has 1 N–H and O–H groups in total. The van der Waals surface area contributed by atoms with E-state index in [1.807, 2.05) is 26.4 Å². The van der Waals surface area contributed by atoms with E-state index in [-0.39, 0.29) is 18.5 Å². The second-order valence-electron chi connectivity index (χ2n) is 5.85. The van der Waals surface area contributed by atoms with E-state index in [0.717, 1.165) is 24.6 Å². The maximum absolute atomic E-state index is 13.8. The van der Waals surface area contributed by atoms with Gasteiger partial charge in [0.05, 0.1) is 31.6 Å². The Balaban J connectivity index is 1.73. The van der Waals surface area contributed by atoms with Crippen LogP contribution in [0.1, 0.15) is 24.3 Å². The topological polar surface area (TPSA) is 67.6 Å². The van der Waals surface area contributed by atoms with Crippen LogP contribution < -0.4 is 5.32 Å². The average molecular weight is 346 g/mol. The Morgan fingerprint density at radius 2 is 2.40 bits per heavy atom. The molecule has 1 fully saturated rings. The van der Waals surface area contributed by atoms with Crippen molar-refractivity contribution in [1.29, 1.82) is 0 Å². The molecule has 3 heterocycles. The van der Waals surface area contributed by atoms with Crippen LogP contribution in [0.15, 0.2) is 35.7 Å². The largest absolute Gasteiger partial charge is 0.370 e. The predicted octanol–water partition coefficient (Wildman–Crippen LogP) is 1.49. The molecule has 1 unspecified atom stereocenters. The van der Waals surface area contributed by atoms with Crippen molar-refractivity contribution in [2.24, 2.45) is 12.0 Å². The summed E-state index contributed by atoms with van der Waals surface area (Å²) >= 11 is 0. The first-order valence-electron chi connectivity index (χ1n) is 8.40. The second kappa shape index (κ2) is 8.06. The molecule has 0 spiro atoms. The molecule has 1 atom stereocenters. The van der Waals surface area contributed by atoms with Gasteiger partial charge in [-0.15, -0.1) is 0 Å². The zero-order valence-corrected chi connectivity index (χ0v) is 14.5. The van der Waals surface area contributed by atoms with Crippen molar-refractivity contribution < 1.29 is 9.13 Å². The number of nitrogens with one attached hydrogen (secondary N) is 1. The average Bonchev–Trinajstić information content (AvgIpc) is 3.06. The van der Waals surface area contributed by atoms with Crippen LogP contribution in [0.2, 0.25) is 0 Å².